The first kappa shape index (κ1) is 28.2. The second kappa shape index (κ2) is 10.1. The predicted molar refractivity (Wildman–Crippen MR) is 160 cm³/mol. The zero-order chi connectivity index (χ0) is 31.1. The van der Waals surface area contributed by atoms with E-state index in [-0.39, 0.29) is 64.0 Å². The fourth-order valence-corrected chi connectivity index (χ4v) is 7.50. The van der Waals surface area contributed by atoms with E-state index in [1.54, 1.807) is 0 Å². The summed E-state index contributed by atoms with van der Waals surface area (Å²) in [6.45, 7) is 2.43. The molecular formula is C33H30F3N5O4. The van der Waals surface area contributed by atoms with Crippen LogP contribution in [0.4, 0.5) is 19.0 Å². The van der Waals surface area contributed by atoms with Crippen molar-refractivity contribution in [3.8, 4) is 41.2 Å². The van der Waals surface area contributed by atoms with Crippen LogP contribution in [0.25, 0.3) is 32.9 Å². The lowest BCUT2D eigenvalue weighted by atomic mass is 9.90. The number of fused-ring (bicyclic) bond motifs is 2. The SMILES string of the molecule is C#Cc1c(F)ccc2cc(O)cc(-c3nc4c5c(nc(OC[C@@]67CCCN6C[C@H](F)C7)nc5c3F)N(C)C3(CCO4)COC3)c12. The van der Waals surface area contributed by atoms with E-state index in [9.17, 15) is 13.9 Å². The van der Waals surface area contributed by atoms with Crippen molar-refractivity contribution < 1.29 is 32.5 Å². The molecule has 0 radical (unpaired) electrons. The van der Waals surface area contributed by atoms with Crippen LogP contribution in [0.15, 0.2) is 24.3 Å². The van der Waals surface area contributed by atoms with Crippen molar-refractivity contribution >= 4 is 27.5 Å². The first-order chi connectivity index (χ1) is 21.7. The van der Waals surface area contributed by atoms with Gasteiger partial charge in [0.05, 0.1) is 36.5 Å². The van der Waals surface area contributed by atoms with Crippen molar-refractivity contribution in [1.29, 1.82) is 0 Å². The fourth-order valence-electron chi connectivity index (χ4n) is 7.50. The molecule has 0 saturated carbocycles. The monoisotopic (exact) mass is 617 g/mol. The topological polar surface area (TPSA) is 93.1 Å². The Balaban J connectivity index is 1.34. The minimum absolute atomic E-state index is 0.0676. The van der Waals surface area contributed by atoms with E-state index in [2.05, 4.69) is 20.8 Å². The fraction of sp³-hybridized carbons (Fsp3) is 0.424. The molecule has 0 unspecified atom stereocenters. The van der Waals surface area contributed by atoms with Crippen molar-refractivity contribution in [2.75, 3.05) is 51.5 Å². The van der Waals surface area contributed by atoms with Crippen LogP contribution < -0.4 is 14.4 Å². The second-order valence-electron chi connectivity index (χ2n) is 12.5. The Morgan fingerprint density at radius 2 is 2.00 bits per heavy atom. The van der Waals surface area contributed by atoms with Gasteiger partial charge in [0.2, 0.25) is 5.88 Å². The number of aromatic hydroxyl groups is 1. The Kier molecular flexibility index (Phi) is 6.31. The highest BCUT2D eigenvalue weighted by molar-refractivity contribution is 6.04. The molecule has 1 N–H and O–H groups in total. The highest BCUT2D eigenvalue weighted by atomic mass is 19.1. The molecule has 2 atom stereocenters. The van der Waals surface area contributed by atoms with E-state index in [4.69, 9.17) is 25.6 Å². The predicted octanol–water partition coefficient (Wildman–Crippen LogP) is 4.75. The molecule has 0 aliphatic carbocycles. The quantitative estimate of drug-likeness (QED) is 0.326. The first-order valence-electron chi connectivity index (χ1n) is 15.0. The van der Waals surface area contributed by atoms with E-state index >= 15 is 4.39 Å². The van der Waals surface area contributed by atoms with Crippen molar-refractivity contribution in [1.82, 2.24) is 19.9 Å². The van der Waals surface area contributed by atoms with Crippen LogP contribution in [0.1, 0.15) is 31.2 Å². The molecule has 1 spiro atoms. The van der Waals surface area contributed by atoms with E-state index < -0.39 is 28.9 Å². The van der Waals surface area contributed by atoms with E-state index in [0.717, 1.165) is 19.4 Å². The van der Waals surface area contributed by atoms with Gasteiger partial charge < -0.3 is 24.2 Å². The van der Waals surface area contributed by atoms with Crippen molar-refractivity contribution in [2.45, 2.75) is 42.9 Å². The normalized spacial score (nSPS) is 23.8. The van der Waals surface area contributed by atoms with Crippen LogP contribution in [0.3, 0.4) is 0 Å². The molecule has 2 aromatic heterocycles. The number of alkyl halides is 1. The summed E-state index contributed by atoms with van der Waals surface area (Å²) < 4.78 is 64.2. The number of likely N-dealkylation sites (N-methyl/N-ethyl adjacent to an activating group) is 1. The van der Waals surface area contributed by atoms with Crippen LogP contribution >= 0.6 is 0 Å². The summed E-state index contributed by atoms with van der Waals surface area (Å²) in [6.07, 6.45) is 7.41. The summed E-state index contributed by atoms with van der Waals surface area (Å²) in [5, 5.41) is 11.5. The summed E-state index contributed by atoms with van der Waals surface area (Å²) in [5.74, 6) is 1.11. The first-order valence-corrected chi connectivity index (χ1v) is 15.0. The Bertz CT molecular complexity index is 1930. The maximum absolute atomic E-state index is 16.9. The lowest BCUT2D eigenvalue weighted by Gasteiger charge is -2.49. The summed E-state index contributed by atoms with van der Waals surface area (Å²) in [6, 6.07) is 5.31. The van der Waals surface area contributed by atoms with Gasteiger partial charge in [-0.3, -0.25) is 4.90 Å². The molecule has 3 fully saturated rings. The van der Waals surface area contributed by atoms with Gasteiger partial charge in [0, 0.05) is 37.4 Å². The standard InChI is InChI=1S/C33H30F3N5O4/c1-3-21-23(35)6-5-18-11-20(42)12-22(24(18)21)27-26(36)28-25-29(40(2)33(15-43-16-33)8-10-44-30(25)37-27)39-31(38-28)45-17-32-7-4-9-41(32)14-19(34)13-32/h1,5-6,11-12,19,42H,4,7-10,13-17H2,2H3/t19-,32+/m1/s1. The van der Waals surface area contributed by atoms with Crippen LogP contribution in [0.2, 0.25) is 0 Å². The molecule has 8 rings (SSSR count). The molecule has 45 heavy (non-hydrogen) atoms. The minimum Gasteiger partial charge on any atom is -0.508 e. The number of pyridine rings is 1. The van der Waals surface area contributed by atoms with Gasteiger partial charge in [0.25, 0.3) is 0 Å². The number of hydrogen-bond donors (Lipinski definition) is 1. The van der Waals surface area contributed by atoms with E-state index in [1.807, 2.05) is 11.9 Å². The maximum atomic E-state index is 16.9. The molecular weight excluding hydrogens is 587 g/mol. The number of terminal acetylenes is 1. The number of aromatic nitrogens is 3. The van der Waals surface area contributed by atoms with Gasteiger partial charge in [0.1, 0.15) is 46.8 Å². The second-order valence-corrected chi connectivity index (χ2v) is 12.5. The van der Waals surface area contributed by atoms with E-state index in [1.165, 1.54) is 24.3 Å². The molecule has 6 heterocycles. The summed E-state index contributed by atoms with van der Waals surface area (Å²) in [7, 11) is 1.86. The Labute approximate surface area is 256 Å². The number of phenols is 1. The molecule has 4 aliphatic heterocycles. The smallest absolute Gasteiger partial charge is 0.319 e. The third-order valence-corrected chi connectivity index (χ3v) is 9.97. The number of nitrogens with zero attached hydrogens (tertiary/aromatic N) is 5. The molecule has 9 nitrogen and oxygen atoms in total. The van der Waals surface area contributed by atoms with Gasteiger partial charge >= 0.3 is 6.01 Å². The Morgan fingerprint density at radius 3 is 2.78 bits per heavy atom. The molecule has 0 amide bonds. The third-order valence-electron chi connectivity index (χ3n) is 9.97. The number of halogens is 3. The highest BCUT2D eigenvalue weighted by Gasteiger charge is 2.50. The minimum atomic E-state index is -0.940. The third kappa shape index (κ3) is 4.20. The lowest BCUT2D eigenvalue weighted by molar-refractivity contribution is -0.0646. The van der Waals surface area contributed by atoms with Gasteiger partial charge in [-0.05, 0) is 43.0 Å². The molecule has 4 aromatic rings. The average Bonchev–Trinajstić information content (AvgIpc) is 3.52. The molecule has 0 bridgehead atoms. The van der Waals surface area contributed by atoms with Crippen LogP contribution in [0, 0.1) is 24.0 Å². The summed E-state index contributed by atoms with van der Waals surface area (Å²) in [5.41, 5.74) is -1.25. The van der Waals surface area contributed by atoms with Gasteiger partial charge in [-0.2, -0.15) is 9.97 Å². The maximum Gasteiger partial charge on any atom is 0.319 e. The van der Waals surface area contributed by atoms with Gasteiger partial charge in [0.15, 0.2) is 5.82 Å². The molecule has 12 heteroatoms. The van der Waals surface area contributed by atoms with Crippen molar-refractivity contribution in [3.05, 3.63) is 41.5 Å². The number of hydrogen-bond acceptors (Lipinski definition) is 9. The number of benzene rings is 2. The van der Waals surface area contributed by atoms with Crippen LogP contribution in [0.5, 0.6) is 17.6 Å². The highest BCUT2D eigenvalue weighted by Crippen LogP contribution is 2.45. The molecule has 2 aromatic carbocycles. The van der Waals surface area contributed by atoms with Crippen LogP contribution in [-0.4, -0.2) is 88.8 Å². The van der Waals surface area contributed by atoms with E-state index in [0.29, 0.717) is 43.8 Å². The van der Waals surface area contributed by atoms with Crippen LogP contribution in [-0.2, 0) is 4.74 Å². The van der Waals surface area contributed by atoms with Gasteiger partial charge in [-0.1, -0.05) is 12.0 Å². The molecule has 232 valence electrons. The number of ether oxygens (including phenoxy) is 3. The lowest BCUT2D eigenvalue weighted by Crippen LogP contribution is -2.62. The van der Waals surface area contributed by atoms with Crippen molar-refractivity contribution in [2.24, 2.45) is 0 Å². The van der Waals surface area contributed by atoms with Gasteiger partial charge in [-0.15, -0.1) is 6.42 Å². The number of rotatable bonds is 4. The van der Waals surface area contributed by atoms with Crippen molar-refractivity contribution in [3.63, 3.8) is 0 Å². The number of anilines is 1. The molecule has 3 saturated heterocycles. The zero-order valence-electron chi connectivity index (χ0n) is 24.6. The Hall–Kier alpha value is -4.34. The Morgan fingerprint density at radius 1 is 1.16 bits per heavy atom. The average molecular weight is 618 g/mol. The largest absolute Gasteiger partial charge is 0.508 e. The summed E-state index contributed by atoms with van der Waals surface area (Å²) >= 11 is 0. The molecule has 4 aliphatic rings. The number of phenolic OH excluding ortho intramolecular Hbond substituents is 1. The summed E-state index contributed by atoms with van der Waals surface area (Å²) in [4.78, 5) is 17.9. The van der Waals surface area contributed by atoms with Gasteiger partial charge in [-0.25, -0.2) is 18.2 Å². The zero-order valence-corrected chi connectivity index (χ0v) is 24.6.